The average molecular weight is 454 g/mol. The monoisotopic (exact) mass is 453 g/mol. The molecule has 6 heterocycles. The third-order valence-corrected chi connectivity index (χ3v) is 6.29. The Hall–Kier alpha value is -3.85. The molecule has 6 rings (SSSR count). The van der Waals surface area contributed by atoms with Crippen LogP contribution in [0.1, 0.15) is 24.8 Å². The van der Waals surface area contributed by atoms with Crippen LogP contribution in [-0.2, 0) is 6.54 Å². The van der Waals surface area contributed by atoms with Gasteiger partial charge in [0.2, 0.25) is 0 Å². The molecule has 0 bridgehead atoms. The highest BCUT2D eigenvalue weighted by Gasteiger charge is 2.20. The van der Waals surface area contributed by atoms with Crippen LogP contribution in [0.2, 0.25) is 0 Å². The molecular formula is C25H27N9. The summed E-state index contributed by atoms with van der Waals surface area (Å²) in [5.41, 5.74) is 8.11. The van der Waals surface area contributed by atoms with E-state index in [1.54, 1.807) is 0 Å². The molecule has 172 valence electrons. The van der Waals surface area contributed by atoms with E-state index in [1.165, 1.54) is 19.3 Å². The van der Waals surface area contributed by atoms with E-state index in [0.717, 1.165) is 58.7 Å². The largest absolute Gasteiger partial charge is 0.370 e. The molecule has 5 aromatic rings. The van der Waals surface area contributed by atoms with Crippen LogP contribution in [0.15, 0.2) is 42.9 Å². The highest BCUT2D eigenvalue weighted by atomic mass is 15.2. The summed E-state index contributed by atoms with van der Waals surface area (Å²) in [6.07, 6.45) is 9.30. The van der Waals surface area contributed by atoms with Crippen LogP contribution in [0.4, 0.5) is 5.69 Å². The summed E-state index contributed by atoms with van der Waals surface area (Å²) in [5, 5.41) is 7.65. The molecule has 1 aliphatic heterocycles. The number of aromatic nitrogens is 7. The number of pyridine rings is 3. The summed E-state index contributed by atoms with van der Waals surface area (Å²) in [5.74, 6) is 0.669. The standard InChI is InChI=1S/C25H27N9/c1-33(2)15-16-12-17(14-26-13-16)18-6-7-19-21(28-18)23(32-31-19)25-29-22-20(8-9-27-24(22)30-25)34-10-4-3-5-11-34/h6-9,12-14H,3-5,10-11,15H2,1-2H3,(H,31,32)(H,27,29,30). The van der Waals surface area contributed by atoms with Gasteiger partial charge in [0.05, 0.1) is 16.9 Å². The summed E-state index contributed by atoms with van der Waals surface area (Å²) in [4.78, 5) is 26.7. The molecular weight excluding hydrogens is 426 g/mol. The second-order valence-corrected chi connectivity index (χ2v) is 9.15. The fourth-order valence-corrected chi connectivity index (χ4v) is 4.71. The van der Waals surface area contributed by atoms with Gasteiger partial charge in [0.1, 0.15) is 11.0 Å². The van der Waals surface area contributed by atoms with Crippen molar-refractivity contribution in [2.24, 2.45) is 0 Å². The van der Waals surface area contributed by atoms with Crippen molar-refractivity contribution in [3.05, 3.63) is 48.4 Å². The minimum absolute atomic E-state index is 0.669. The van der Waals surface area contributed by atoms with Gasteiger partial charge in [-0.1, -0.05) is 0 Å². The Labute approximate surface area is 197 Å². The van der Waals surface area contributed by atoms with Crippen LogP contribution in [0.25, 0.3) is 45.0 Å². The average Bonchev–Trinajstić information content (AvgIpc) is 3.48. The Morgan fingerprint density at radius 2 is 1.91 bits per heavy atom. The third-order valence-electron chi connectivity index (χ3n) is 6.29. The van der Waals surface area contributed by atoms with Gasteiger partial charge in [-0.15, -0.1) is 0 Å². The van der Waals surface area contributed by atoms with Crippen LogP contribution < -0.4 is 4.90 Å². The number of piperidine rings is 1. The van der Waals surface area contributed by atoms with Gasteiger partial charge in [-0.05, 0) is 63.2 Å². The number of anilines is 1. The zero-order chi connectivity index (χ0) is 23.1. The Balaban J connectivity index is 1.41. The number of H-pyrrole nitrogens is 2. The normalized spacial score (nSPS) is 14.5. The Morgan fingerprint density at radius 1 is 1.03 bits per heavy atom. The van der Waals surface area contributed by atoms with Crippen LogP contribution in [-0.4, -0.2) is 67.2 Å². The number of nitrogens with zero attached hydrogens (tertiary/aromatic N) is 7. The number of nitrogens with one attached hydrogen (secondary N) is 2. The fraction of sp³-hybridized carbons (Fsp3) is 0.320. The van der Waals surface area contributed by atoms with E-state index in [9.17, 15) is 0 Å². The maximum Gasteiger partial charge on any atom is 0.180 e. The zero-order valence-electron chi connectivity index (χ0n) is 19.4. The molecule has 0 aliphatic carbocycles. The Morgan fingerprint density at radius 3 is 2.76 bits per heavy atom. The molecule has 1 fully saturated rings. The first-order chi connectivity index (χ1) is 16.7. The predicted octanol–water partition coefficient (Wildman–Crippen LogP) is 4.01. The van der Waals surface area contributed by atoms with Gasteiger partial charge in [0.15, 0.2) is 17.2 Å². The maximum atomic E-state index is 4.95. The zero-order valence-corrected chi connectivity index (χ0v) is 19.4. The highest BCUT2D eigenvalue weighted by molar-refractivity contribution is 5.93. The van der Waals surface area contributed by atoms with Crippen LogP contribution >= 0.6 is 0 Å². The molecule has 9 nitrogen and oxygen atoms in total. The van der Waals surface area contributed by atoms with Crippen molar-refractivity contribution in [2.75, 3.05) is 32.1 Å². The first kappa shape index (κ1) is 20.7. The molecule has 34 heavy (non-hydrogen) atoms. The first-order valence-electron chi connectivity index (χ1n) is 11.7. The van der Waals surface area contributed by atoms with Crippen LogP contribution in [0.3, 0.4) is 0 Å². The predicted molar refractivity (Wildman–Crippen MR) is 133 cm³/mol. The number of aromatic amines is 2. The van der Waals surface area contributed by atoms with E-state index in [1.807, 2.05) is 44.8 Å². The quantitative estimate of drug-likeness (QED) is 0.414. The van der Waals surface area contributed by atoms with Crippen molar-refractivity contribution < 1.29 is 0 Å². The van der Waals surface area contributed by atoms with Crippen molar-refractivity contribution in [3.63, 3.8) is 0 Å². The third kappa shape index (κ3) is 3.77. The van der Waals surface area contributed by atoms with Gasteiger partial charge >= 0.3 is 0 Å². The smallest absolute Gasteiger partial charge is 0.180 e. The van der Waals surface area contributed by atoms with Crippen molar-refractivity contribution in [2.45, 2.75) is 25.8 Å². The van der Waals surface area contributed by atoms with E-state index < -0.39 is 0 Å². The summed E-state index contributed by atoms with van der Waals surface area (Å²) in [6, 6.07) is 8.21. The number of rotatable bonds is 5. The summed E-state index contributed by atoms with van der Waals surface area (Å²) in [7, 11) is 4.10. The topological polar surface area (TPSA) is 103 Å². The number of fused-ring (bicyclic) bond motifs is 2. The molecule has 0 saturated carbocycles. The lowest BCUT2D eigenvalue weighted by atomic mass is 10.1. The Kier molecular flexibility index (Phi) is 5.18. The van der Waals surface area contributed by atoms with E-state index in [-0.39, 0.29) is 0 Å². The number of hydrogen-bond acceptors (Lipinski definition) is 7. The molecule has 0 spiro atoms. The molecule has 9 heteroatoms. The molecule has 2 N–H and O–H groups in total. The van der Waals surface area contributed by atoms with Crippen molar-refractivity contribution >= 4 is 27.9 Å². The summed E-state index contributed by atoms with van der Waals surface area (Å²) < 4.78 is 0. The van der Waals surface area contributed by atoms with Gasteiger partial charge in [0.25, 0.3) is 0 Å². The molecule has 0 radical (unpaired) electrons. The molecule has 1 saturated heterocycles. The SMILES string of the molecule is CN(C)Cc1cncc(-c2ccc3[nH]nc(-c4nc5nccc(N6CCCCC6)c5[nH]4)c3n2)c1. The second-order valence-electron chi connectivity index (χ2n) is 9.15. The molecule has 0 amide bonds. The Bertz CT molecular complexity index is 1460. The lowest BCUT2D eigenvalue weighted by Gasteiger charge is -2.28. The van der Waals surface area contributed by atoms with Crippen molar-refractivity contribution in [3.8, 4) is 22.8 Å². The molecule has 5 aromatic heterocycles. The van der Waals surface area contributed by atoms with Gasteiger partial charge < -0.3 is 14.8 Å². The van der Waals surface area contributed by atoms with Gasteiger partial charge in [0, 0.05) is 43.8 Å². The second kappa shape index (κ2) is 8.49. The molecule has 0 aromatic carbocycles. The number of hydrogen-bond donors (Lipinski definition) is 2. The highest BCUT2D eigenvalue weighted by Crippen LogP contribution is 2.31. The molecule has 1 aliphatic rings. The molecule has 0 atom stereocenters. The van der Waals surface area contributed by atoms with Crippen LogP contribution in [0, 0.1) is 0 Å². The van der Waals surface area contributed by atoms with Gasteiger partial charge in [-0.25, -0.2) is 15.0 Å². The van der Waals surface area contributed by atoms with Crippen molar-refractivity contribution in [1.29, 1.82) is 0 Å². The maximum absolute atomic E-state index is 4.95. The van der Waals surface area contributed by atoms with E-state index in [4.69, 9.17) is 9.97 Å². The van der Waals surface area contributed by atoms with E-state index in [2.05, 4.69) is 47.1 Å². The van der Waals surface area contributed by atoms with Gasteiger partial charge in [-0.3, -0.25) is 10.1 Å². The van der Waals surface area contributed by atoms with E-state index in [0.29, 0.717) is 17.2 Å². The van der Waals surface area contributed by atoms with Crippen LogP contribution in [0.5, 0.6) is 0 Å². The minimum Gasteiger partial charge on any atom is -0.370 e. The van der Waals surface area contributed by atoms with Crippen molar-refractivity contribution in [1.82, 2.24) is 40.0 Å². The first-order valence-corrected chi connectivity index (χ1v) is 11.7. The van der Waals surface area contributed by atoms with Gasteiger partial charge in [-0.2, -0.15) is 5.10 Å². The fourth-order valence-electron chi connectivity index (χ4n) is 4.71. The number of imidazole rings is 1. The van der Waals surface area contributed by atoms with E-state index >= 15 is 0 Å². The minimum atomic E-state index is 0.669. The summed E-state index contributed by atoms with van der Waals surface area (Å²) in [6.45, 7) is 2.95. The lowest BCUT2D eigenvalue weighted by molar-refractivity contribution is 0.402. The molecule has 0 unspecified atom stereocenters. The lowest BCUT2D eigenvalue weighted by Crippen LogP contribution is -2.29. The summed E-state index contributed by atoms with van der Waals surface area (Å²) >= 11 is 0.